The molecule has 5 nitrogen and oxygen atoms in total. The van der Waals surface area contributed by atoms with E-state index in [1.807, 2.05) is 0 Å². The molecule has 0 unspecified atom stereocenters. The van der Waals surface area contributed by atoms with E-state index in [4.69, 9.17) is 11.6 Å². The van der Waals surface area contributed by atoms with E-state index in [2.05, 4.69) is 10.0 Å². The van der Waals surface area contributed by atoms with Gasteiger partial charge in [-0.1, -0.05) is 11.6 Å². The van der Waals surface area contributed by atoms with Gasteiger partial charge in [-0.25, -0.2) is 8.42 Å². The highest BCUT2D eigenvalue weighted by molar-refractivity contribution is 7.92. The molecule has 1 aromatic rings. The van der Waals surface area contributed by atoms with Crippen molar-refractivity contribution in [3.8, 4) is 0 Å². The molecule has 2 rings (SSSR count). The molecule has 0 radical (unpaired) electrons. The lowest BCUT2D eigenvalue weighted by Crippen LogP contribution is -2.28. The molecular weight excluding hydrogens is 300 g/mol. The van der Waals surface area contributed by atoms with Gasteiger partial charge in [-0.3, -0.25) is 4.72 Å². The maximum absolute atomic E-state index is 11.2. The van der Waals surface area contributed by atoms with Crippen LogP contribution < -0.4 is 10.0 Å². The number of sulfonamides is 1. The summed E-state index contributed by atoms with van der Waals surface area (Å²) in [5.41, 5.74) is 1.19. The molecule has 1 fully saturated rings. The summed E-state index contributed by atoms with van der Waals surface area (Å²) < 4.78 is 24.9. The van der Waals surface area contributed by atoms with Crippen molar-refractivity contribution in [1.82, 2.24) is 0 Å². The molecule has 7 heteroatoms. The van der Waals surface area contributed by atoms with E-state index in [0.717, 1.165) is 31.9 Å². The summed E-state index contributed by atoms with van der Waals surface area (Å²) in [6, 6.07) is 5.23. The van der Waals surface area contributed by atoms with E-state index in [1.165, 1.54) is 0 Å². The fourth-order valence-corrected chi connectivity index (χ4v) is 3.08. The molecule has 0 spiro atoms. The first-order chi connectivity index (χ1) is 9.33. The second kappa shape index (κ2) is 6.20. The first kappa shape index (κ1) is 15.4. The number of aliphatic hydroxyl groups is 1. The van der Waals surface area contributed by atoms with Crippen molar-refractivity contribution in [2.24, 2.45) is 0 Å². The number of hydrogen-bond donors (Lipinski definition) is 3. The molecule has 1 saturated carbocycles. The smallest absolute Gasteiger partial charge is 0.229 e. The molecule has 0 heterocycles. The van der Waals surface area contributed by atoms with Crippen LogP contribution in [0.3, 0.4) is 0 Å². The molecular formula is C13H19ClN2O3S. The molecule has 112 valence electrons. The van der Waals surface area contributed by atoms with Crippen LogP contribution in [-0.2, 0) is 10.0 Å². The predicted molar refractivity (Wildman–Crippen MR) is 81.8 cm³/mol. The first-order valence-electron chi connectivity index (χ1n) is 6.55. The Balaban J connectivity index is 2.08. The SMILES string of the molecule is CS(=O)(=O)Nc1ccc(Cl)c(NC2CCC(O)CC2)c1. The first-order valence-corrected chi connectivity index (χ1v) is 8.82. The summed E-state index contributed by atoms with van der Waals surface area (Å²) in [5, 5.41) is 13.4. The monoisotopic (exact) mass is 318 g/mol. The Kier molecular flexibility index (Phi) is 4.78. The number of anilines is 2. The Hall–Kier alpha value is -0.980. The van der Waals surface area contributed by atoms with Gasteiger partial charge in [-0.05, 0) is 43.9 Å². The van der Waals surface area contributed by atoms with E-state index >= 15 is 0 Å². The third-order valence-corrected chi connectivity index (χ3v) is 4.26. The average Bonchev–Trinajstić information content (AvgIpc) is 2.34. The van der Waals surface area contributed by atoms with Gasteiger partial charge in [0.25, 0.3) is 0 Å². The van der Waals surface area contributed by atoms with E-state index in [0.29, 0.717) is 16.4 Å². The number of nitrogens with one attached hydrogen (secondary N) is 2. The van der Waals surface area contributed by atoms with Crippen LogP contribution in [0.15, 0.2) is 18.2 Å². The Bertz CT molecular complexity index is 569. The van der Waals surface area contributed by atoms with Crippen molar-refractivity contribution in [3.05, 3.63) is 23.2 Å². The Morgan fingerprint density at radius 2 is 1.90 bits per heavy atom. The van der Waals surface area contributed by atoms with Crippen molar-refractivity contribution in [2.45, 2.75) is 37.8 Å². The minimum Gasteiger partial charge on any atom is -0.393 e. The Labute approximate surface area is 124 Å². The maximum Gasteiger partial charge on any atom is 0.229 e. The van der Waals surface area contributed by atoms with Crippen LogP contribution in [0.2, 0.25) is 5.02 Å². The van der Waals surface area contributed by atoms with Gasteiger partial charge in [0.2, 0.25) is 10.0 Å². The summed E-state index contributed by atoms with van der Waals surface area (Å²) in [6.07, 6.45) is 4.20. The van der Waals surface area contributed by atoms with Gasteiger partial charge in [0.05, 0.1) is 28.8 Å². The number of halogens is 1. The Morgan fingerprint density at radius 1 is 1.25 bits per heavy atom. The fraction of sp³-hybridized carbons (Fsp3) is 0.538. The highest BCUT2D eigenvalue weighted by Gasteiger charge is 2.20. The van der Waals surface area contributed by atoms with Crippen LogP contribution in [0.25, 0.3) is 0 Å². The van der Waals surface area contributed by atoms with Crippen LogP contribution >= 0.6 is 11.6 Å². The lowest BCUT2D eigenvalue weighted by atomic mass is 9.93. The van der Waals surface area contributed by atoms with E-state index in [9.17, 15) is 13.5 Å². The zero-order valence-electron chi connectivity index (χ0n) is 11.3. The molecule has 0 saturated heterocycles. The van der Waals surface area contributed by atoms with Gasteiger partial charge in [0.15, 0.2) is 0 Å². The van der Waals surface area contributed by atoms with Crippen LogP contribution in [0, 0.1) is 0 Å². The van der Waals surface area contributed by atoms with Gasteiger partial charge in [0.1, 0.15) is 0 Å². The minimum atomic E-state index is -3.30. The van der Waals surface area contributed by atoms with Crippen molar-refractivity contribution < 1.29 is 13.5 Å². The summed E-state index contributed by atoms with van der Waals surface area (Å²) in [4.78, 5) is 0. The number of hydrogen-bond acceptors (Lipinski definition) is 4. The molecule has 0 aromatic heterocycles. The summed E-state index contributed by atoms with van der Waals surface area (Å²) in [5.74, 6) is 0. The van der Waals surface area contributed by atoms with Gasteiger partial charge in [-0.15, -0.1) is 0 Å². The lowest BCUT2D eigenvalue weighted by Gasteiger charge is -2.27. The third-order valence-electron chi connectivity index (χ3n) is 3.33. The van der Waals surface area contributed by atoms with Gasteiger partial charge in [-0.2, -0.15) is 0 Å². The van der Waals surface area contributed by atoms with E-state index in [-0.39, 0.29) is 12.1 Å². The van der Waals surface area contributed by atoms with Gasteiger partial charge < -0.3 is 10.4 Å². The molecule has 1 aromatic carbocycles. The van der Waals surface area contributed by atoms with E-state index < -0.39 is 10.0 Å². The van der Waals surface area contributed by atoms with Crippen molar-refractivity contribution >= 4 is 33.0 Å². The number of rotatable bonds is 4. The molecule has 0 bridgehead atoms. The largest absolute Gasteiger partial charge is 0.393 e. The molecule has 0 amide bonds. The van der Waals surface area contributed by atoms with Crippen LogP contribution in [0.1, 0.15) is 25.7 Å². The normalized spacial score (nSPS) is 23.4. The van der Waals surface area contributed by atoms with Crippen LogP contribution in [-0.4, -0.2) is 31.9 Å². The molecule has 20 heavy (non-hydrogen) atoms. The van der Waals surface area contributed by atoms with Crippen molar-refractivity contribution in [3.63, 3.8) is 0 Å². The van der Waals surface area contributed by atoms with Crippen molar-refractivity contribution in [1.29, 1.82) is 0 Å². The topological polar surface area (TPSA) is 78.4 Å². The second-order valence-corrected chi connectivity index (χ2v) is 7.37. The van der Waals surface area contributed by atoms with E-state index in [1.54, 1.807) is 18.2 Å². The quantitative estimate of drug-likeness (QED) is 0.796. The highest BCUT2D eigenvalue weighted by atomic mass is 35.5. The molecule has 3 N–H and O–H groups in total. The van der Waals surface area contributed by atoms with Crippen molar-refractivity contribution in [2.75, 3.05) is 16.3 Å². The third kappa shape index (κ3) is 4.54. The molecule has 0 atom stereocenters. The summed E-state index contributed by atoms with van der Waals surface area (Å²) in [7, 11) is -3.30. The molecule has 1 aliphatic carbocycles. The molecule has 1 aliphatic rings. The average molecular weight is 319 g/mol. The summed E-state index contributed by atoms with van der Waals surface area (Å²) in [6.45, 7) is 0. The molecule has 0 aliphatic heterocycles. The number of aliphatic hydroxyl groups excluding tert-OH is 1. The van der Waals surface area contributed by atoms with Crippen LogP contribution in [0.4, 0.5) is 11.4 Å². The highest BCUT2D eigenvalue weighted by Crippen LogP contribution is 2.29. The fourth-order valence-electron chi connectivity index (χ4n) is 2.35. The lowest BCUT2D eigenvalue weighted by molar-refractivity contribution is 0.126. The summed E-state index contributed by atoms with van der Waals surface area (Å²) >= 11 is 6.13. The maximum atomic E-state index is 11.2. The number of benzene rings is 1. The second-order valence-electron chi connectivity index (χ2n) is 5.22. The van der Waals surface area contributed by atoms with Gasteiger partial charge >= 0.3 is 0 Å². The van der Waals surface area contributed by atoms with Gasteiger partial charge in [0, 0.05) is 6.04 Å². The van der Waals surface area contributed by atoms with Crippen LogP contribution in [0.5, 0.6) is 0 Å². The zero-order valence-corrected chi connectivity index (χ0v) is 12.8. The minimum absolute atomic E-state index is 0.207. The Morgan fingerprint density at radius 3 is 2.50 bits per heavy atom. The standard InChI is InChI=1S/C13H19ClN2O3S/c1-20(18,19)16-10-4-7-12(14)13(8-10)15-9-2-5-11(17)6-3-9/h4,7-9,11,15-17H,2-3,5-6H2,1H3. The predicted octanol–water partition coefficient (Wildman–Crippen LogP) is 2.43. The zero-order chi connectivity index (χ0) is 14.8.